The molecule has 0 aromatic heterocycles. The van der Waals surface area contributed by atoms with Crippen molar-refractivity contribution in [1.29, 1.82) is 0 Å². The number of carboxylic acids is 1. The number of carbonyl (C=O) groups is 2. The lowest BCUT2D eigenvalue weighted by atomic mass is 10.1. The summed E-state index contributed by atoms with van der Waals surface area (Å²) in [6, 6.07) is 7.90. The standard InChI is InChI=1S/C15H22N2O3/c1-11-4-3-5-13(10-11)7-9-17-15(20)16-8-6-12(2)14(18)19/h3-5,10,12H,6-9H2,1-2H3,(H,18,19)(H2,16,17,20). The zero-order valence-electron chi connectivity index (χ0n) is 12.0. The molecule has 0 aliphatic carbocycles. The zero-order chi connectivity index (χ0) is 15.0. The fraction of sp³-hybridized carbons (Fsp3) is 0.467. The van der Waals surface area contributed by atoms with Gasteiger partial charge in [-0.05, 0) is 25.3 Å². The number of aliphatic carboxylic acids is 1. The Bertz CT molecular complexity index is 460. The van der Waals surface area contributed by atoms with Crippen molar-refractivity contribution < 1.29 is 14.7 Å². The highest BCUT2D eigenvalue weighted by atomic mass is 16.4. The van der Waals surface area contributed by atoms with Crippen LogP contribution in [0.3, 0.4) is 0 Å². The van der Waals surface area contributed by atoms with Crippen molar-refractivity contribution in [2.45, 2.75) is 26.7 Å². The molecule has 0 spiro atoms. The van der Waals surface area contributed by atoms with Gasteiger partial charge < -0.3 is 15.7 Å². The largest absolute Gasteiger partial charge is 0.481 e. The quantitative estimate of drug-likeness (QED) is 0.713. The highest BCUT2D eigenvalue weighted by molar-refractivity contribution is 5.74. The lowest BCUT2D eigenvalue weighted by Crippen LogP contribution is -2.37. The summed E-state index contributed by atoms with van der Waals surface area (Å²) in [7, 11) is 0. The summed E-state index contributed by atoms with van der Waals surface area (Å²) in [5.74, 6) is -1.28. The summed E-state index contributed by atoms with van der Waals surface area (Å²) in [6.07, 6.45) is 1.21. The second-order valence-corrected chi connectivity index (χ2v) is 4.95. The molecule has 1 aromatic rings. The molecule has 5 nitrogen and oxygen atoms in total. The first-order valence-electron chi connectivity index (χ1n) is 6.79. The van der Waals surface area contributed by atoms with Crippen LogP contribution in [0, 0.1) is 12.8 Å². The van der Waals surface area contributed by atoms with Gasteiger partial charge in [-0.3, -0.25) is 4.79 Å². The van der Waals surface area contributed by atoms with Crippen LogP contribution in [0.2, 0.25) is 0 Å². The Morgan fingerprint density at radius 2 is 1.95 bits per heavy atom. The number of carboxylic acid groups (broad SMARTS) is 1. The summed E-state index contributed by atoms with van der Waals surface area (Å²) in [6.45, 7) is 4.58. The second kappa shape index (κ2) is 8.19. The van der Waals surface area contributed by atoms with Crippen molar-refractivity contribution in [3.05, 3.63) is 35.4 Å². The average molecular weight is 278 g/mol. The van der Waals surface area contributed by atoms with E-state index in [9.17, 15) is 9.59 Å². The SMILES string of the molecule is Cc1cccc(CCNC(=O)NCCC(C)C(=O)O)c1. The minimum Gasteiger partial charge on any atom is -0.481 e. The molecule has 1 unspecified atom stereocenters. The maximum absolute atomic E-state index is 11.5. The van der Waals surface area contributed by atoms with E-state index in [1.165, 1.54) is 11.1 Å². The van der Waals surface area contributed by atoms with Crippen LogP contribution in [-0.4, -0.2) is 30.2 Å². The van der Waals surface area contributed by atoms with Gasteiger partial charge in [0.05, 0.1) is 5.92 Å². The molecule has 2 amide bonds. The predicted octanol–water partition coefficient (Wildman–Crippen LogP) is 1.95. The van der Waals surface area contributed by atoms with E-state index in [-0.39, 0.29) is 6.03 Å². The first kappa shape index (κ1) is 16.0. The van der Waals surface area contributed by atoms with Gasteiger partial charge in [-0.25, -0.2) is 4.79 Å². The first-order valence-corrected chi connectivity index (χ1v) is 6.79. The summed E-state index contributed by atoms with van der Waals surface area (Å²) >= 11 is 0. The first-order chi connectivity index (χ1) is 9.49. The van der Waals surface area contributed by atoms with Crippen molar-refractivity contribution in [3.63, 3.8) is 0 Å². The van der Waals surface area contributed by atoms with Crippen LogP contribution in [0.25, 0.3) is 0 Å². The van der Waals surface area contributed by atoms with Gasteiger partial charge in [0, 0.05) is 13.1 Å². The fourth-order valence-electron chi connectivity index (χ4n) is 1.78. The average Bonchev–Trinajstić information content (AvgIpc) is 2.38. The van der Waals surface area contributed by atoms with E-state index < -0.39 is 11.9 Å². The van der Waals surface area contributed by atoms with Crippen LogP contribution in [-0.2, 0) is 11.2 Å². The summed E-state index contributed by atoms with van der Waals surface area (Å²) < 4.78 is 0. The number of hydrogen-bond donors (Lipinski definition) is 3. The number of rotatable bonds is 7. The molecule has 1 aromatic carbocycles. The number of aryl methyl sites for hydroxylation is 1. The van der Waals surface area contributed by atoms with E-state index in [0.29, 0.717) is 19.5 Å². The Balaban J connectivity index is 2.16. The third kappa shape index (κ3) is 6.22. The summed E-state index contributed by atoms with van der Waals surface area (Å²) in [4.78, 5) is 22.1. The lowest BCUT2D eigenvalue weighted by Gasteiger charge is -2.09. The Morgan fingerprint density at radius 3 is 2.60 bits per heavy atom. The zero-order valence-corrected chi connectivity index (χ0v) is 12.0. The summed E-state index contributed by atoms with van der Waals surface area (Å²) in [5, 5.41) is 14.1. The molecule has 3 N–H and O–H groups in total. The topological polar surface area (TPSA) is 78.4 Å². The minimum atomic E-state index is -0.841. The van der Waals surface area contributed by atoms with Crippen LogP contribution >= 0.6 is 0 Å². The molecule has 0 fully saturated rings. The van der Waals surface area contributed by atoms with Gasteiger partial charge >= 0.3 is 12.0 Å². The number of urea groups is 1. The van der Waals surface area contributed by atoms with Crippen molar-refractivity contribution in [2.24, 2.45) is 5.92 Å². The molecule has 0 saturated carbocycles. The van der Waals surface area contributed by atoms with E-state index in [1.807, 2.05) is 25.1 Å². The van der Waals surface area contributed by atoms with Gasteiger partial charge in [0.1, 0.15) is 0 Å². The molecule has 20 heavy (non-hydrogen) atoms. The van der Waals surface area contributed by atoms with E-state index in [4.69, 9.17) is 5.11 Å². The Labute approximate surface area is 119 Å². The van der Waals surface area contributed by atoms with E-state index in [2.05, 4.69) is 16.7 Å². The van der Waals surface area contributed by atoms with Crippen LogP contribution < -0.4 is 10.6 Å². The van der Waals surface area contributed by atoms with E-state index in [1.54, 1.807) is 6.92 Å². The summed E-state index contributed by atoms with van der Waals surface area (Å²) in [5.41, 5.74) is 2.39. The highest BCUT2D eigenvalue weighted by Crippen LogP contribution is 2.03. The molecule has 0 bridgehead atoms. The normalized spacial score (nSPS) is 11.7. The second-order valence-electron chi connectivity index (χ2n) is 4.95. The number of carbonyl (C=O) groups excluding carboxylic acids is 1. The maximum Gasteiger partial charge on any atom is 0.314 e. The number of benzene rings is 1. The van der Waals surface area contributed by atoms with Gasteiger partial charge in [-0.15, -0.1) is 0 Å². The number of nitrogens with one attached hydrogen (secondary N) is 2. The smallest absolute Gasteiger partial charge is 0.314 e. The monoisotopic (exact) mass is 278 g/mol. The van der Waals surface area contributed by atoms with Crippen molar-refractivity contribution in [1.82, 2.24) is 10.6 Å². The number of amides is 2. The van der Waals surface area contributed by atoms with Gasteiger partial charge in [-0.2, -0.15) is 0 Å². The Hall–Kier alpha value is -2.04. The molecule has 0 aliphatic rings. The highest BCUT2D eigenvalue weighted by Gasteiger charge is 2.10. The third-order valence-corrected chi connectivity index (χ3v) is 3.07. The van der Waals surface area contributed by atoms with Crippen LogP contribution in [0.4, 0.5) is 4.79 Å². The predicted molar refractivity (Wildman–Crippen MR) is 77.7 cm³/mol. The molecule has 0 saturated heterocycles. The third-order valence-electron chi connectivity index (χ3n) is 3.07. The Morgan fingerprint density at radius 1 is 1.25 bits per heavy atom. The van der Waals surface area contributed by atoms with Gasteiger partial charge in [-0.1, -0.05) is 36.8 Å². The van der Waals surface area contributed by atoms with Gasteiger partial charge in [0.25, 0.3) is 0 Å². The van der Waals surface area contributed by atoms with Gasteiger partial charge in [0.2, 0.25) is 0 Å². The fourth-order valence-corrected chi connectivity index (χ4v) is 1.78. The van der Waals surface area contributed by atoms with Crippen LogP contribution in [0.15, 0.2) is 24.3 Å². The van der Waals surface area contributed by atoms with E-state index in [0.717, 1.165) is 6.42 Å². The maximum atomic E-state index is 11.5. The van der Waals surface area contributed by atoms with Crippen LogP contribution in [0.5, 0.6) is 0 Å². The lowest BCUT2D eigenvalue weighted by molar-refractivity contribution is -0.141. The molecule has 0 aliphatic heterocycles. The molecule has 0 radical (unpaired) electrons. The van der Waals surface area contributed by atoms with Gasteiger partial charge in [0.15, 0.2) is 0 Å². The molecular weight excluding hydrogens is 256 g/mol. The molecule has 1 atom stereocenters. The van der Waals surface area contributed by atoms with Crippen molar-refractivity contribution in [3.8, 4) is 0 Å². The molecular formula is C15H22N2O3. The molecule has 1 rings (SSSR count). The van der Waals surface area contributed by atoms with Crippen LogP contribution in [0.1, 0.15) is 24.5 Å². The Kier molecular flexibility index (Phi) is 6.56. The molecule has 110 valence electrons. The molecule has 5 heteroatoms. The molecule has 0 heterocycles. The van der Waals surface area contributed by atoms with Crippen molar-refractivity contribution >= 4 is 12.0 Å². The van der Waals surface area contributed by atoms with Crippen molar-refractivity contribution in [2.75, 3.05) is 13.1 Å². The number of hydrogen-bond acceptors (Lipinski definition) is 2. The minimum absolute atomic E-state index is 0.254. The van der Waals surface area contributed by atoms with E-state index >= 15 is 0 Å².